The van der Waals surface area contributed by atoms with Crippen LogP contribution in [0.25, 0.3) is 0 Å². The summed E-state index contributed by atoms with van der Waals surface area (Å²) >= 11 is 0. The fraction of sp³-hybridized carbons (Fsp3) is 0.387. The highest BCUT2D eigenvalue weighted by Crippen LogP contribution is 2.41. The first-order valence-corrected chi connectivity index (χ1v) is 13.0. The third-order valence-electron chi connectivity index (χ3n) is 7.81. The molecule has 1 saturated heterocycles. The third-order valence-corrected chi connectivity index (χ3v) is 7.81. The summed E-state index contributed by atoms with van der Waals surface area (Å²) in [5.74, 6) is 2.29. The van der Waals surface area contributed by atoms with Gasteiger partial charge >= 0.3 is 0 Å². The molecule has 2 aliphatic rings. The van der Waals surface area contributed by atoms with Gasteiger partial charge < -0.3 is 19.3 Å². The summed E-state index contributed by atoms with van der Waals surface area (Å²) < 4.78 is 11.2. The summed E-state index contributed by atoms with van der Waals surface area (Å²) in [7, 11) is 3.33. The van der Waals surface area contributed by atoms with Crippen LogP contribution in [0.3, 0.4) is 0 Å². The van der Waals surface area contributed by atoms with Gasteiger partial charge in [0.05, 0.1) is 20.3 Å². The molecule has 0 aromatic heterocycles. The molecule has 1 fully saturated rings. The normalized spacial score (nSPS) is 18.5. The van der Waals surface area contributed by atoms with E-state index < -0.39 is 0 Å². The summed E-state index contributed by atoms with van der Waals surface area (Å²) in [5, 5.41) is 0. The number of hydrogen-bond acceptors (Lipinski definition) is 4. The van der Waals surface area contributed by atoms with Crippen molar-refractivity contribution in [1.82, 2.24) is 9.80 Å². The molecule has 2 heterocycles. The molecule has 188 valence electrons. The molecule has 1 amide bonds. The molecule has 5 heteroatoms. The van der Waals surface area contributed by atoms with Crippen LogP contribution in [0.5, 0.6) is 11.5 Å². The molecular weight excluding hydrogens is 448 g/mol. The van der Waals surface area contributed by atoms with E-state index in [4.69, 9.17) is 9.47 Å². The molecule has 5 rings (SSSR count). The number of carbonyl (C=O) groups is 1. The number of ether oxygens (including phenoxy) is 2. The second kappa shape index (κ2) is 11.2. The minimum atomic E-state index is -0.119. The van der Waals surface area contributed by atoms with Crippen molar-refractivity contribution in [1.29, 1.82) is 0 Å². The van der Waals surface area contributed by atoms with Gasteiger partial charge in [0.15, 0.2) is 11.5 Å². The van der Waals surface area contributed by atoms with Crippen molar-refractivity contribution in [2.45, 2.75) is 37.6 Å². The standard InChI is InChI=1S/C31H36N2O3/c1-35-28-21-26-15-20-33(31(25-11-7-4-8-12-25)27(26)22-29(28)36-2)30(34)16-19-32-17-13-24(14-18-32)23-9-5-3-6-10-23/h3-12,21-22,24,31H,13-20H2,1-2H3. The van der Waals surface area contributed by atoms with Gasteiger partial charge in [-0.3, -0.25) is 4.79 Å². The second-order valence-electron chi connectivity index (χ2n) is 9.83. The van der Waals surface area contributed by atoms with Crippen molar-refractivity contribution >= 4 is 5.91 Å². The lowest BCUT2D eigenvalue weighted by molar-refractivity contribution is -0.133. The minimum absolute atomic E-state index is 0.119. The smallest absolute Gasteiger partial charge is 0.224 e. The Kier molecular flexibility index (Phi) is 7.57. The Labute approximate surface area is 214 Å². The van der Waals surface area contributed by atoms with Gasteiger partial charge in [-0.2, -0.15) is 0 Å². The van der Waals surface area contributed by atoms with Crippen LogP contribution in [0.2, 0.25) is 0 Å². The van der Waals surface area contributed by atoms with E-state index in [1.54, 1.807) is 14.2 Å². The molecule has 3 aromatic carbocycles. The summed E-state index contributed by atoms with van der Waals surface area (Å²) in [6.07, 6.45) is 3.67. The molecule has 36 heavy (non-hydrogen) atoms. The SMILES string of the molecule is COc1cc2c(cc1OC)C(c1ccccc1)N(C(=O)CCN1CCC(c3ccccc3)CC1)CC2. The zero-order valence-electron chi connectivity index (χ0n) is 21.4. The van der Waals surface area contributed by atoms with E-state index in [1.807, 2.05) is 18.2 Å². The molecular formula is C31H36N2O3. The fourth-order valence-corrected chi connectivity index (χ4v) is 5.82. The first-order chi connectivity index (χ1) is 17.7. The van der Waals surface area contributed by atoms with E-state index in [1.165, 1.54) is 11.1 Å². The first-order valence-electron chi connectivity index (χ1n) is 13.0. The maximum atomic E-state index is 13.6. The molecule has 0 aliphatic carbocycles. The fourth-order valence-electron chi connectivity index (χ4n) is 5.82. The highest BCUT2D eigenvalue weighted by molar-refractivity contribution is 5.78. The monoisotopic (exact) mass is 484 g/mol. The maximum Gasteiger partial charge on any atom is 0.224 e. The van der Waals surface area contributed by atoms with Gasteiger partial charge in [-0.1, -0.05) is 60.7 Å². The molecule has 1 atom stereocenters. The van der Waals surface area contributed by atoms with Crippen molar-refractivity contribution in [3.63, 3.8) is 0 Å². The Balaban J connectivity index is 1.29. The maximum absolute atomic E-state index is 13.6. The topological polar surface area (TPSA) is 42.0 Å². The summed E-state index contributed by atoms with van der Waals surface area (Å²) in [5.41, 5.74) is 4.91. The number of carbonyl (C=O) groups excluding carboxylic acids is 1. The molecule has 0 bridgehead atoms. The van der Waals surface area contributed by atoms with Crippen LogP contribution < -0.4 is 9.47 Å². The molecule has 2 aliphatic heterocycles. The number of benzene rings is 3. The molecule has 0 saturated carbocycles. The highest BCUT2D eigenvalue weighted by Gasteiger charge is 2.33. The van der Waals surface area contributed by atoms with Crippen LogP contribution in [0, 0.1) is 0 Å². The van der Waals surface area contributed by atoms with Crippen LogP contribution in [-0.2, 0) is 11.2 Å². The number of piperidine rings is 1. The Morgan fingerprint density at radius 1 is 0.833 bits per heavy atom. The lowest BCUT2D eigenvalue weighted by Gasteiger charge is -2.39. The molecule has 0 radical (unpaired) electrons. The Hall–Kier alpha value is -3.31. The van der Waals surface area contributed by atoms with Gasteiger partial charge in [0.25, 0.3) is 0 Å². The number of rotatable bonds is 7. The zero-order chi connectivity index (χ0) is 24.9. The van der Waals surface area contributed by atoms with Gasteiger partial charge in [-0.15, -0.1) is 0 Å². The van der Waals surface area contributed by atoms with Crippen molar-refractivity contribution < 1.29 is 14.3 Å². The van der Waals surface area contributed by atoms with E-state index in [2.05, 4.69) is 64.4 Å². The zero-order valence-corrected chi connectivity index (χ0v) is 21.4. The Morgan fingerprint density at radius 2 is 1.44 bits per heavy atom. The van der Waals surface area contributed by atoms with Crippen molar-refractivity contribution in [2.75, 3.05) is 40.4 Å². The molecule has 0 N–H and O–H groups in total. The van der Waals surface area contributed by atoms with Gasteiger partial charge in [-0.05, 0) is 72.7 Å². The number of amides is 1. The number of fused-ring (bicyclic) bond motifs is 1. The van der Waals surface area contributed by atoms with Crippen molar-refractivity contribution in [3.8, 4) is 11.5 Å². The van der Waals surface area contributed by atoms with Crippen molar-refractivity contribution in [2.24, 2.45) is 0 Å². The average Bonchev–Trinajstić information content (AvgIpc) is 2.95. The lowest BCUT2D eigenvalue weighted by atomic mass is 9.87. The van der Waals surface area contributed by atoms with Crippen LogP contribution in [0.1, 0.15) is 53.5 Å². The average molecular weight is 485 g/mol. The first kappa shape index (κ1) is 24.4. The van der Waals surface area contributed by atoms with E-state index in [9.17, 15) is 4.79 Å². The lowest BCUT2D eigenvalue weighted by Crippen LogP contribution is -2.42. The van der Waals surface area contributed by atoms with E-state index in [-0.39, 0.29) is 11.9 Å². The van der Waals surface area contributed by atoms with Gasteiger partial charge in [0, 0.05) is 19.5 Å². The van der Waals surface area contributed by atoms with Crippen LogP contribution in [-0.4, -0.2) is 56.1 Å². The number of nitrogens with zero attached hydrogens (tertiary/aromatic N) is 2. The van der Waals surface area contributed by atoms with Gasteiger partial charge in [0.2, 0.25) is 5.91 Å². The second-order valence-corrected chi connectivity index (χ2v) is 9.83. The van der Waals surface area contributed by atoms with E-state index in [0.717, 1.165) is 55.8 Å². The largest absolute Gasteiger partial charge is 0.493 e. The van der Waals surface area contributed by atoms with Gasteiger partial charge in [0.1, 0.15) is 0 Å². The van der Waals surface area contributed by atoms with E-state index in [0.29, 0.717) is 24.6 Å². The summed E-state index contributed by atoms with van der Waals surface area (Å²) in [4.78, 5) is 18.2. The predicted octanol–water partition coefficient (Wildman–Crippen LogP) is 5.45. The van der Waals surface area contributed by atoms with E-state index >= 15 is 0 Å². The van der Waals surface area contributed by atoms with Crippen LogP contribution in [0.15, 0.2) is 72.8 Å². The number of methoxy groups -OCH3 is 2. The molecule has 5 nitrogen and oxygen atoms in total. The predicted molar refractivity (Wildman–Crippen MR) is 143 cm³/mol. The molecule has 1 unspecified atom stereocenters. The number of hydrogen-bond donors (Lipinski definition) is 0. The Morgan fingerprint density at radius 3 is 2.08 bits per heavy atom. The van der Waals surface area contributed by atoms with Crippen LogP contribution in [0.4, 0.5) is 0 Å². The van der Waals surface area contributed by atoms with Crippen molar-refractivity contribution in [3.05, 3.63) is 95.1 Å². The van der Waals surface area contributed by atoms with Gasteiger partial charge in [-0.25, -0.2) is 0 Å². The highest BCUT2D eigenvalue weighted by atomic mass is 16.5. The van der Waals surface area contributed by atoms with Crippen LogP contribution >= 0.6 is 0 Å². The summed E-state index contributed by atoms with van der Waals surface area (Å²) in [6, 6.07) is 25.2. The molecule has 0 spiro atoms. The molecule has 3 aromatic rings. The number of likely N-dealkylation sites (tertiary alicyclic amines) is 1. The summed E-state index contributed by atoms with van der Waals surface area (Å²) in [6.45, 7) is 3.62. The Bertz CT molecular complexity index is 1160. The third kappa shape index (κ3) is 5.12. The quantitative estimate of drug-likeness (QED) is 0.447. The minimum Gasteiger partial charge on any atom is -0.493 e.